The number of carboxylic acid groups (broad SMARTS) is 1. The molecule has 731 valence electrons. The smallest absolute Gasteiger partial charge is 0.664 e. The molecular weight excluding hydrogens is 2870 g/mol. The maximum Gasteiger partial charge on any atom is 4.00 e. The van der Waals surface area contributed by atoms with Crippen LogP contribution in [0.25, 0.3) is 124 Å². The van der Waals surface area contributed by atoms with Gasteiger partial charge in [0.05, 0.1) is 0 Å². The number of aliphatic hydroxyl groups excluding tert-OH is 1. The van der Waals surface area contributed by atoms with Crippen molar-refractivity contribution in [3.63, 3.8) is 0 Å². The topological polar surface area (TPSA) is 265 Å². The first kappa shape index (κ1) is 117. The van der Waals surface area contributed by atoms with Crippen molar-refractivity contribution in [2.24, 2.45) is 0 Å². The van der Waals surface area contributed by atoms with Crippen molar-refractivity contribution in [3.8, 4) is 113 Å². The quantitative estimate of drug-likeness (QED) is 0.0654. The average Bonchev–Trinajstić information content (AvgIpc) is 1.66. The van der Waals surface area contributed by atoms with Crippen molar-refractivity contribution in [2.45, 2.75) is 0 Å². The van der Waals surface area contributed by atoms with Gasteiger partial charge in [-0.25, -0.2) is 38.2 Å². The number of hydrogen-bond acceptors (Lipinski definition) is 13. The molecule has 11 aromatic heterocycles. The second-order valence-electron chi connectivity index (χ2n) is 29.0. The molecule has 0 saturated heterocycles. The zero-order chi connectivity index (χ0) is 96.7. The third-order valence-corrected chi connectivity index (χ3v) is 19.3. The number of aromatic nitrogens is 15. The van der Waals surface area contributed by atoms with Crippen molar-refractivity contribution in [1.29, 1.82) is 0 Å². The Labute approximate surface area is 930 Å². The van der Waals surface area contributed by atoms with E-state index in [1.54, 1.807) is 74.4 Å². The van der Waals surface area contributed by atoms with E-state index in [4.69, 9.17) is 10.2 Å². The molecule has 0 amide bonds. The first-order valence-corrected chi connectivity index (χ1v) is 43.8. The molecule has 0 fully saturated rings. The number of carboxylic acids is 1. The van der Waals surface area contributed by atoms with Gasteiger partial charge in [0.2, 0.25) is 0 Å². The molecule has 1 radical (unpaired) electrons. The number of fused-ring (bicyclic) bond motifs is 2. The Kier molecular flexibility index (Phi) is 54.6. The number of aliphatic hydroxyl groups is 1. The molecule has 0 spiro atoms. The number of para-hydroxylation sites is 3. The summed E-state index contributed by atoms with van der Waals surface area (Å²) in [5.74, 6) is -0.806. The fourth-order valence-corrected chi connectivity index (χ4v) is 12.7. The number of hydrogen-bond donors (Lipinski definition) is 2. The largest absolute Gasteiger partial charge is 4.00 e. The Morgan fingerprint density at radius 3 is 0.890 bits per heavy atom. The average molecular weight is 2960 g/mol. The van der Waals surface area contributed by atoms with Crippen LogP contribution in [0, 0.1) is 67.3 Å². The monoisotopic (exact) mass is 2970 g/mol. The summed E-state index contributed by atoms with van der Waals surface area (Å²) < 4.78 is 0. The number of nitrogens with zero attached hydrogens (tertiary/aromatic N) is 17. The maximum absolute atomic E-state index is 9.35. The molecule has 0 unspecified atom stereocenters. The number of benzene rings is 12. The second kappa shape index (κ2) is 67.9. The summed E-state index contributed by atoms with van der Waals surface area (Å²) in [5.41, 5.74) is 21.1. The van der Waals surface area contributed by atoms with Gasteiger partial charge in [-0.2, -0.15) is 195 Å². The summed E-state index contributed by atoms with van der Waals surface area (Å²) in [6.45, 7) is 4.79. The SMILES string of the molecule is C=C(O)C(=O)O.CN1[CH-]N(c2[c-]cccc2)c2ccccc21.[Os+4].[Os+].[Os].[Os].[Os].[Os].[c-]1ccccc1-c1[c-]cccc1.[c-]1ccccc1-c1[c-]cccc1.[c-]1ccccc1-c1[c-]cccc1.[c-]1ccccc1-c1cc2ccccc2cn1.[c-]1ccccc1-c1ccccn1.[c-]1ccccc1-c1ccccn1.c1c[n-]c(-c2ncc[n-]2)c1.c1c[n-]c(-c2ncc[n-]2)c1.c1ccc(-c2ccn[n-]2)nc1.c1ccc(-c2ccn[n-]2)nc1. The molecule has 1 aliphatic heterocycles. The van der Waals surface area contributed by atoms with Crippen LogP contribution < -0.4 is 39.9 Å². The van der Waals surface area contributed by atoms with Gasteiger partial charge in [0.25, 0.3) is 0 Å². The molecule has 26 heteroatoms. The summed E-state index contributed by atoms with van der Waals surface area (Å²) in [6, 6.07) is 164. The summed E-state index contributed by atoms with van der Waals surface area (Å²) in [7, 11) is 2.06. The van der Waals surface area contributed by atoms with Gasteiger partial charge >= 0.3 is 45.6 Å². The van der Waals surface area contributed by atoms with Gasteiger partial charge in [-0.05, 0) is 90.0 Å². The number of carbonyl (C=O) groups is 1. The maximum atomic E-state index is 9.35. The van der Waals surface area contributed by atoms with E-state index in [1.807, 2.05) is 364 Å². The minimum Gasteiger partial charge on any atom is -0.664 e. The predicted molar refractivity (Wildman–Crippen MR) is 552 cm³/mol. The minimum absolute atomic E-state index is 0. The minimum atomic E-state index is -1.38. The van der Waals surface area contributed by atoms with Crippen LogP contribution in [0.15, 0.2) is 499 Å². The van der Waals surface area contributed by atoms with Gasteiger partial charge in [-0.1, -0.05) is 163 Å². The second-order valence-corrected chi connectivity index (χ2v) is 29.0. The number of rotatable bonds is 12. The van der Waals surface area contributed by atoms with Crippen LogP contribution in [0.5, 0.6) is 0 Å². The molecule has 24 rings (SSSR count). The van der Waals surface area contributed by atoms with Gasteiger partial charge in [-0.3, -0.25) is 9.97 Å². The van der Waals surface area contributed by atoms with E-state index in [2.05, 4.69) is 215 Å². The molecule has 12 aromatic carbocycles. The molecule has 23 aromatic rings. The summed E-state index contributed by atoms with van der Waals surface area (Å²) >= 11 is 0. The van der Waals surface area contributed by atoms with Crippen LogP contribution in [0.2, 0.25) is 0 Å². The van der Waals surface area contributed by atoms with E-state index >= 15 is 0 Å². The van der Waals surface area contributed by atoms with Gasteiger partial charge in [-0.15, -0.1) is 161 Å². The Bertz CT molecular complexity index is 6380. The van der Waals surface area contributed by atoms with E-state index in [9.17, 15) is 4.79 Å². The number of anilines is 3. The van der Waals surface area contributed by atoms with Gasteiger partial charge in [0.15, 0.2) is 5.76 Å². The van der Waals surface area contributed by atoms with E-state index in [0.29, 0.717) is 11.6 Å². The third-order valence-electron chi connectivity index (χ3n) is 19.3. The van der Waals surface area contributed by atoms with Crippen molar-refractivity contribution in [2.75, 3.05) is 16.8 Å². The molecule has 2 N–H and O–H groups in total. The fourth-order valence-electron chi connectivity index (χ4n) is 12.7. The first-order valence-electron chi connectivity index (χ1n) is 43.8. The Morgan fingerprint density at radius 2 is 0.603 bits per heavy atom. The molecule has 20 nitrogen and oxygen atoms in total. The molecule has 0 atom stereocenters. The Balaban J connectivity index is 0.000000216. The van der Waals surface area contributed by atoms with E-state index in [-0.39, 0.29) is 119 Å². The van der Waals surface area contributed by atoms with Crippen LogP contribution in [0.4, 0.5) is 17.1 Å². The number of aliphatic carboxylic acids is 1. The van der Waals surface area contributed by atoms with Crippen LogP contribution in [-0.4, -0.2) is 68.3 Å². The molecular formula is C120H88N17O3Os6-12. The molecule has 146 heavy (non-hydrogen) atoms. The Hall–Kier alpha value is -15.5. The molecule has 0 saturated carbocycles. The van der Waals surface area contributed by atoms with Gasteiger partial charge in [0.1, 0.15) is 0 Å². The van der Waals surface area contributed by atoms with Crippen molar-refractivity contribution < 1.29 is 134 Å². The van der Waals surface area contributed by atoms with E-state index in [0.717, 1.165) is 107 Å². The van der Waals surface area contributed by atoms with Crippen LogP contribution >= 0.6 is 0 Å². The number of imidazole rings is 2. The van der Waals surface area contributed by atoms with E-state index in [1.165, 1.54) is 22.1 Å². The normalized spacial score (nSPS) is 9.82. The predicted octanol–water partition coefficient (Wildman–Crippen LogP) is 24.5. The molecule has 1 aliphatic rings. The third kappa shape index (κ3) is 39.6. The standard InChI is InChI=1S/C15H10N.C14H12N2.3C12H8.2C11H8N.2C8H6N3.2C7H5N3.C3H4O3.6Os/c1-2-6-12(7-3-1)15-10-13-8-4-5-9-14(13)11-16-15;1-15-11-16(12-7-3-2-4-8-12)14-10-6-5-9-13(14)15;3*1-3-7-11(8-4-1)12-9-5-2-6-10-12;2*1-2-6-10(7-3-1)11-8-4-5-9-12-11;2*1-2-5-9-7(3-1)8-4-6-10-11-8;2*1-2-6(8-3-1)7-9-4-5-10-7;1-2(4)3(5)6;;;;;;/h1-6,8-11H;2-7,9-11H,1H3;3*1-7,9H;2*1-6,8-9H;2*1-6H;2*1-5H;4H,1H2,(H,5,6);;;;;;/q-1;4*-2;4*-1;2*-2;;;;;;+1;+4. The zero-order valence-corrected chi connectivity index (χ0v) is 93.2. The summed E-state index contributed by atoms with van der Waals surface area (Å²) in [6.07, 6.45) is 22.4. The Morgan fingerprint density at radius 1 is 0.295 bits per heavy atom. The molecule has 0 aliphatic carbocycles. The van der Waals surface area contributed by atoms with Crippen molar-refractivity contribution in [3.05, 3.63) is 567 Å². The molecule has 0 bridgehead atoms. The van der Waals surface area contributed by atoms with Crippen LogP contribution in [0.3, 0.4) is 0 Å². The molecule has 12 heterocycles. The van der Waals surface area contributed by atoms with Crippen LogP contribution in [-0.2, 0) is 124 Å². The summed E-state index contributed by atoms with van der Waals surface area (Å²) in [5, 5.41) is 33.0. The van der Waals surface area contributed by atoms with Gasteiger partial charge in [0, 0.05) is 145 Å². The van der Waals surface area contributed by atoms with Crippen molar-refractivity contribution >= 4 is 33.8 Å². The first-order chi connectivity index (χ1) is 69.1. The van der Waals surface area contributed by atoms with E-state index < -0.39 is 11.7 Å². The number of pyridine rings is 5. The zero-order valence-electron chi connectivity index (χ0n) is 78.0. The van der Waals surface area contributed by atoms with Gasteiger partial charge < -0.3 is 85.3 Å². The van der Waals surface area contributed by atoms with Crippen LogP contribution in [0.1, 0.15) is 0 Å². The fraction of sp³-hybridized carbons (Fsp3) is 0.00833. The van der Waals surface area contributed by atoms with Crippen molar-refractivity contribution in [1.82, 2.24) is 75.2 Å². The summed E-state index contributed by atoms with van der Waals surface area (Å²) in [4.78, 5) is 58.7.